The summed E-state index contributed by atoms with van der Waals surface area (Å²) in [6.07, 6.45) is 0.0123. The molecule has 0 spiro atoms. The van der Waals surface area contributed by atoms with Crippen molar-refractivity contribution < 1.29 is 33.4 Å². The molecule has 0 unspecified atom stereocenters. The van der Waals surface area contributed by atoms with E-state index in [0.717, 1.165) is 5.56 Å². The van der Waals surface area contributed by atoms with Crippen LogP contribution in [0.25, 0.3) is 0 Å². The molecule has 1 heterocycles. The Labute approximate surface area is 209 Å². The summed E-state index contributed by atoms with van der Waals surface area (Å²) in [6.45, 7) is 5.69. The maximum absolute atomic E-state index is 12.9. The third-order valence-corrected chi connectivity index (χ3v) is 4.64. The number of nitrogens with zero attached hydrogens (tertiary/aromatic N) is 1. The van der Waals surface area contributed by atoms with Crippen molar-refractivity contribution >= 4 is 29.9 Å². The highest BCUT2D eigenvalue weighted by Crippen LogP contribution is 2.10. The topological polar surface area (TPSA) is 161 Å². The summed E-state index contributed by atoms with van der Waals surface area (Å²) in [5, 5.41) is 14.1. The number of aromatic amines is 1. The lowest BCUT2D eigenvalue weighted by molar-refractivity contribution is -0.118. The van der Waals surface area contributed by atoms with Crippen LogP contribution in [0.1, 0.15) is 56.1 Å². The number of unbranched alkanes of at least 4 members (excludes halogenated alkanes) is 1. The molecule has 2 aromatic rings. The number of carbonyl (C=O) groups is 4. The van der Waals surface area contributed by atoms with Crippen LogP contribution in [0, 0.1) is 0 Å². The minimum atomic E-state index is -0.951. The molecular formula is C24H33N5O7. The molecule has 2 rings (SSSR count). The molecule has 1 aromatic heterocycles. The lowest BCUT2D eigenvalue weighted by atomic mass is 10.1. The van der Waals surface area contributed by atoms with E-state index < -0.39 is 35.7 Å². The molecule has 3 amide bonds. The van der Waals surface area contributed by atoms with Gasteiger partial charge in [0.05, 0.1) is 7.11 Å². The number of H-pyrrole nitrogens is 1. The lowest BCUT2D eigenvalue weighted by Crippen LogP contribution is -2.44. The minimum Gasteiger partial charge on any atom is -0.464 e. The zero-order chi connectivity index (χ0) is 26.6. The quantitative estimate of drug-likeness (QED) is 0.207. The molecule has 0 saturated heterocycles. The first-order chi connectivity index (χ1) is 17.1. The summed E-state index contributed by atoms with van der Waals surface area (Å²) in [6, 6.07) is 9.49. The summed E-state index contributed by atoms with van der Waals surface area (Å²) >= 11 is 0. The molecule has 0 fully saturated rings. The number of ether oxygens (including phenoxy) is 3. The number of nitrogens with one attached hydrogen (secondary N) is 4. The maximum Gasteiger partial charge on any atom is 0.408 e. The number of amides is 3. The predicted octanol–water partition coefficient (Wildman–Crippen LogP) is 3.12. The number of anilines is 1. The second-order valence-corrected chi connectivity index (χ2v) is 8.83. The van der Waals surface area contributed by atoms with E-state index in [4.69, 9.17) is 9.47 Å². The van der Waals surface area contributed by atoms with E-state index in [9.17, 15) is 19.2 Å². The Kier molecular flexibility index (Phi) is 10.7. The Bertz CT molecular complexity index is 1020. The maximum atomic E-state index is 12.9. The van der Waals surface area contributed by atoms with Gasteiger partial charge in [-0.15, -0.1) is 0 Å². The van der Waals surface area contributed by atoms with E-state index in [1.807, 2.05) is 30.3 Å². The highest BCUT2D eigenvalue weighted by Gasteiger charge is 2.23. The minimum absolute atomic E-state index is 0.0443. The van der Waals surface area contributed by atoms with Crippen molar-refractivity contribution in [2.75, 3.05) is 19.0 Å². The molecule has 36 heavy (non-hydrogen) atoms. The van der Waals surface area contributed by atoms with Crippen LogP contribution in [-0.4, -0.2) is 59.6 Å². The largest absolute Gasteiger partial charge is 0.464 e. The first-order valence-corrected chi connectivity index (χ1v) is 11.5. The fraction of sp³-hybridized carbons (Fsp3) is 0.458. The van der Waals surface area contributed by atoms with Gasteiger partial charge in [0, 0.05) is 12.6 Å². The number of esters is 1. The van der Waals surface area contributed by atoms with Crippen LogP contribution in [0.4, 0.5) is 15.4 Å². The summed E-state index contributed by atoms with van der Waals surface area (Å²) in [7, 11) is 1.22. The van der Waals surface area contributed by atoms with Crippen molar-refractivity contribution in [3.63, 3.8) is 0 Å². The van der Waals surface area contributed by atoms with Crippen molar-refractivity contribution in [1.29, 1.82) is 0 Å². The molecule has 1 aromatic carbocycles. The predicted molar refractivity (Wildman–Crippen MR) is 130 cm³/mol. The average molecular weight is 504 g/mol. The summed E-state index contributed by atoms with van der Waals surface area (Å²) in [5.41, 5.74) is 0.263. The molecule has 1 atom stereocenters. The van der Waals surface area contributed by atoms with Crippen LogP contribution < -0.4 is 16.0 Å². The van der Waals surface area contributed by atoms with Crippen LogP contribution in [0.15, 0.2) is 36.4 Å². The number of rotatable bonds is 11. The van der Waals surface area contributed by atoms with Crippen molar-refractivity contribution in [3.05, 3.63) is 47.7 Å². The van der Waals surface area contributed by atoms with Gasteiger partial charge in [-0.2, -0.15) is 5.10 Å². The highest BCUT2D eigenvalue weighted by atomic mass is 16.6. The van der Waals surface area contributed by atoms with Crippen molar-refractivity contribution in [2.24, 2.45) is 0 Å². The summed E-state index contributed by atoms with van der Waals surface area (Å²) < 4.78 is 15.0. The van der Waals surface area contributed by atoms with Gasteiger partial charge in [0.2, 0.25) is 5.91 Å². The average Bonchev–Trinajstić information content (AvgIpc) is 3.29. The number of hydrogen-bond donors (Lipinski definition) is 4. The van der Waals surface area contributed by atoms with Crippen LogP contribution >= 0.6 is 0 Å². The van der Waals surface area contributed by atoms with Crippen LogP contribution in [-0.2, 0) is 25.6 Å². The number of aromatic nitrogens is 2. The molecule has 4 N–H and O–H groups in total. The first-order valence-electron chi connectivity index (χ1n) is 11.5. The molecule has 196 valence electrons. The lowest BCUT2D eigenvalue weighted by Gasteiger charge is -2.20. The number of hydrogen-bond acceptors (Lipinski definition) is 8. The third-order valence-electron chi connectivity index (χ3n) is 4.64. The number of carbonyl (C=O) groups excluding carboxylic acids is 4. The fourth-order valence-electron chi connectivity index (χ4n) is 2.97. The molecule has 12 nitrogen and oxygen atoms in total. The van der Waals surface area contributed by atoms with Gasteiger partial charge in [-0.3, -0.25) is 9.89 Å². The van der Waals surface area contributed by atoms with Gasteiger partial charge in [-0.1, -0.05) is 30.3 Å². The summed E-state index contributed by atoms with van der Waals surface area (Å²) in [4.78, 5) is 48.6. The Morgan fingerprint density at radius 1 is 1.06 bits per heavy atom. The Hall–Kier alpha value is -4.09. The standard InChI is InChI=1S/C24H33N5O7/c1-24(2,3)36-22(32)25-13-9-8-12-17(26-23(33)35-15-16-10-6-5-7-11-16)20(30)27-19-14-18(28-29-19)21(31)34-4/h5-7,10-11,14,17H,8-9,12-13,15H2,1-4H3,(H,25,32)(H,26,33)(H2,27,28,29,30)/t17-/m0/s1. The van der Waals surface area contributed by atoms with E-state index in [0.29, 0.717) is 19.4 Å². The monoisotopic (exact) mass is 503 g/mol. The molecule has 12 heteroatoms. The first kappa shape index (κ1) is 28.1. The van der Waals surface area contributed by atoms with Crippen LogP contribution in [0.2, 0.25) is 0 Å². The second-order valence-electron chi connectivity index (χ2n) is 8.83. The van der Waals surface area contributed by atoms with Crippen LogP contribution in [0.3, 0.4) is 0 Å². The molecule has 0 aliphatic heterocycles. The van der Waals surface area contributed by atoms with E-state index in [2.05, 4.69) is 30.9 Å². The van der Waals surface area contributed by atoms with Gasteiger partial charge in [-0.25, -0.2) is 14.4 Å². The van der Waals surface area contributed by atoms with Crippen molar-refractivity contribution in [1.82, 2.24) is 20.8 Å². The third kappa shape index (κ3) is 10.5. The second kappa shape index (κ2) is 13.7. The van der Waals surface area contributed by atoms with Crippen LogP contribution in [0.5, 0.6) is 0 Å². The normalized spacial score (nSPS) is 11.7. The molecule has 0 bridgehead atoms. The summed E-state index contributed by atoms with van der Waals surface area (Å²) in [5.74, 6) is -1.09. The van der Waals surface area contributed by atoms with Gasteiger partial charge in [-0.05, 0) is 45.6 Å². The highest BCUT2D eigenvalue weighted by molar-refractivity contribution is 5.97. The smallest absolute Gasteiger partial charge is 0.408 e. The van der Waals surface area contributed by atoms with Crippen molar-refractivity contribution in [2.45, 2.75) is 58.3 Å². The van der Waals surface area contributed by atoms with Gasteiger partial charge in [0.15, 0.2) is 5.82 Å². The number of methoxy groups -OCH3 is 1. The van der Waals surface area contributed by atoms with Gasteiger partial charge >= 0.3 is 18.2 Å². The zero-order valence-corrected chi connectivity index (χ0v) is 20.9. The molecule has 0 radical (unpaired) electrons. The Morgan fingerprint density at radius 2 is 1.78 bits per heavy atom. The molecular weight excluding hydrogens is 470 g/mol. The van der Waals surface area contributed by atoms with E-state index in [1.165, 1.54) is 13.2 Å². The Morgan fingerprint density at radius 3 is 2.44 bits per heavy atom. The molecule has 0 aliphatic rings. The van der Waals surface area contributed by atoms with E-state index in [-0.39, 0.29) is 24.5 Å². The van der Waals surface area contributed by atoms with E-state index in [1.54, 1.807) is 20.8 Å². The number of alkyl carbamates (subject to hydrolysis) is 2. The molecule has 0 aliphatic carbocycles. The Balaban J connectivity index is 1.91. The van der Waals surface area contributed by atoms with Gasteiger partial charge < -0.3 is 30.2 Å². The molecule has 0 saturated carbocycles. The van der Waals surface area contributed by atoms with Crippen molar-refractivity contribution in [3.8, 4) is 0 Å². The fourth-order valence-corrected chi connectivity index (χ4v) is 2.97. The van der Waals surface area contributed by atoms with Gasteiger partial charge in [0.1, 0.15) is 23.9 Å². The van der Waals surface area contributed by atoms with Gasteiger partial charge in [0.25, 0.3) is 0 Å². The zero-order valence-electron chi connectivity index (χ0n) is 20.9. The number of benzene rings is 1. The van der Waals surface area contributed by atoms with E-state index >= 15 is 0 Å². The SMILES string of the molecule is COC(=O)c1cc(NC(=O)[C@H](CCCCNC(=O)OC(C)(C)C)NC(=O)OCc2ccccc2)n[nH]1.